The van der Waals surface area contributed by atoms with Gasteiger partial charge in [0.1, 0.15) is 0 Å². The van der Waals surface area contributed by atoms with Crippen LogP contribution in [-0.2, 0) is 6.54 Å². The molecular formula is C14H21NO3. The van der Waals surface area contributed by atoms with Gasteiger partial charge in [-0.2, -0.15) is 0 Å². The normalized spacial score (nSPS) is 11.8. The SMILES string of the molecule is C=CC(C)NCc1cc(OC)c(OC)c(OC)c1. The minimum Gasteiger partial charge on any atom is -0.493 e. The minimum atomic E-state index is 0.254. The number of hydrogen-bond donors (Lipinski definition) is 1. The maximum atomic E-state index is 5.30. The Labute approximate surface area is 109 Å². The Balaban J connectivity index is 2.96. The Morgan fingerprint density at radius 1 is 1.17 bits per heavy atom. The Kier molecular flexibility index (Phi) is 5.52. The van der Waals surface area contributed by atoms with Crippen molar-refractivity contribution in [1.82, 2.24) is 5.32 Å². The van der Waals surface area contributed by atoms with Crippen molar-refractivity contribution in [2.45, 2.75) is 19.5 Å². The van der Waals surface area contributed by atoms with Gasteiger partial charge in [0.15, 0.2) is 11.5 Å². The molecule has 0 saturated heterocycles. The number of methoxy groups -OCH3 is 3. The van der Waals surface area contributed by atoms with Crippen LogP contribution in [0.25, 0.3) is 0 Å². The van der Waals surface area contributed by atoms with Gasteiger partial charge in [-0.05, 0) is 24.6 Å². The highest BCUT2D eigenvalue weighted by atomic mass is 16.5. The molecule has 0 radical (unpaired) electrons. The van der Waals surface area contributed by atoms with Crippen LogP contribution >= 0.6 is 0 Å². The molecule has 4 nitrogen and oxygen atoms in total. The van der Waals surface area contributed by atoms with Crippen molar-refractivity contribution in [2.24, 2.45) is 0 Å². The van der Waals surface area contributed by atoms with E-state index in [2.05, 4.69) is 11.9 Å². The van der Waals surface area contributed by atoms with Gasteiger partial charge in [-0.25, -0.2) is 0 Å². The molecule has 100 valence electrons. The average Bonchev–Trinajstić information content (AvgIpc) is 2.43. The van der Waals surface area contributed by atoms with E-state index in [0.29, 0.717) is 23.8 Å². The fourth-order valence-corrected chi connectivity index (χ4v) is 1.60. The molecule has 1 unspecified atom stereocenters. The second-order valence-electron chi connectivity index (χ2n) is 3.94. The Morgan fingerprint density at radius 3 is 2.11 bits per heavy atom. The van der Waals surface area contributed by atoms with Crippen LogP contribution in [0.3, 0.4) is 0 Å². The molecule has 0 amide bonds. The fraction of sp³-hybridized carbons (Fsp3) is 0.429. The lowest BCUT2D eigenvalue weighted by atomic mass is 10.1. The summed E-state index contributed by atoms with van der Waals surface area (Å²) >= 11 is 0. The van der Waals surface area contributed by atoms with E-state index >= 15 is 0 Å². The maximum Gasteiger partial charge on any atom is 0.203 e. The second-order valence-corrected chi connectivity index (χ2v) is 3.94. The van der Waals surface area contributed by atoms with Crippen LogP contribution in [-0.4, -0.2) is 27.4 Å². The number of benzene rings is 1. The highest BCUT2D eigenvalue weighted by molar-refractivity contribution is 5.53. The van der Waals surface area contributed by atoms with E-state index in [-0.39, 0.29) is 6.04 Å². The van der Waals surface area contributed by atoms with Crippen LogP contribution in [0, 0.1) is 0 Å². The molecule has 0 spiro atoms. The number of ether oxygens (including phenoxy) is 3. The first-order valence-corrected chi connectivity index (χ1v) is 5.81. The molecule has 0 aliphatic carbocycles. The highest BCUT2D eigenvalue weighted by Crippen LogP contribution is 2.38. The van der Waals surface area contributed by atoms with Crippen LogP contribution in [0.15, 0.2) is 24.8 Å². The summed E-state index contributed by atoms with van der Waals surface area (Å²) in [5.74, 6) is 1.94. The van der Waals surface area contributed by atoms with Crippen molar-refractivity contribution in [1.29, 1.82) is 0 Å². The summed E-state index contributed by atoms with van der Waals surface area (Å²) in [5.41, 5.74) is 1.07. The lowest BCUT2D eigenvalue weighted by molar-refractivity contribution is 0.323. The second kappa shape index (κ2) is 6.91. The topological polar surface area (TPSA) is 39.7 Å². The standard InChI is InChI=1S/C14H21NO3/c1-6-10(2)15-9-11-7-12(16-3)14(18-5)13(8-11)17-4/h6-8,10,15H,1,9H2,2-5H3. The summed E-state index contributed by atoms with van der Waals surface area (Å²) in [6, 6.07) is 4.12. The van der Waals surface area contributed by atoms with Crippen molar-refractivity contribution in [3.8, 4) is 17.2 Å². The first-order valence-electron chi connectivity index (χ1n) is 5.81. The summed E-state index contributed by atoms with van der Waals surface area (Å²) in [6.07, 6.45) is 1.86. The summed E-state index contributed by atoms with van der Waals surface area (Å²) in [7, 11) is 4.82. The largest absolute Gasteiger partial charge is 0.493 e. The lowest BCUT2D eigenvalue weighted by Gasteiger charge is -2.15. The third-order valence-corrected chi connectivity index (χ3v) is 2.71. The number of nitrogens with one attached hydrogen (secondary N) is 1. The van der Waals surface area contributed by atoms with Gasteiger partial charge in [0.2, 0.25) is 5.75 Å². The van der Waals surface area contributed by atoms with E-state index in [1.54, 1.807) is 21.3 Å². The molecule has 1 N–H and O–H groups in total. The molecule has 4 heteroatoms. The summed E-state index contributed by atoms with van der Waals surface area (Å²) in [6.45, 7) is 6.49. The van der Waals surface area contributed by atoms with Crippen molar-refractivity contribution in [3.05, 3.63) is 30.4 Å². The van der Waals surface area contributed by atoms with Gasteiger partial charge >= 0.3 is 0 Å². The van der Waals surface area contributed by atoms with Gasteiger partial charge in [0, 0.05) is 12.6 Å². The van der Waals surface area contributed by atoms with Crippen molar-refractivity contribution >= 4 is 0 Å². The Morgan fingerprint density at radius 2 is 1.72 bits per heavy atom. The van der Waals surface area contributed by atoms with E-state index in [1.807, 2.05) is 25.1 Å². The average molecular weight is 251 g/mol. The van der Waals surface area contributed by atoms with E-state index < -0.39 is 0 Å². The monoisotopic (exact) mass is 251 g/mol. The number of hydrogen-bond acceptors (Lipinski definition) is 4. The van der Waals surface area contributed by atoms with E-state index in [9.17, 15) is 0 Å². The first-order chi connectivity index (χ1) is 8.65. The van der Waals surface area contributed by atoms with Gasteiger partial charge in [-0.3, -0.25) is 0 Å². The molecule has 0 aliphatic heterocycles. The molecule has 1 aromatic carbocycles. The van der Waals surface area contributed by atoms with Gasteiger partial charge in [-0.1, -0.05) is 6.08 Å². The van der Waals surface area contributed by atoms with Crippen molar-refractivity contribution in [2.75, 3.05) is 21.3 Å². The van der Waals surface area contributed by atoms with Crippen molar-refractivity contribution in [3.63, 3.8) is 0 Å². The summed E-state index contributed by atoms with van der Waals surface area (Å²) in [4.78, 5) is 0. The maximum absolute atomic E-state index is 5.30. The van der Waals surface area contributed by atoms with E-state index in [4.69, 9.17) is 14.2 Å². The zero-order valence-corrected chi connectivity index (χ0v) is 11.4. The molecule has 0 heterocycles. The molecule has 0 bridgehead atoms. The zero-order chi connectivity index (χ0) is 13.5. The number of rotatable bonds is 7. The van der Waals surface area contributed by atoms with Crippen LogP contribution in [0.1, 0.15) is 12.5 Å². The molecular weight excluding hydrogens is 230 g/mol. The van der Waals surface area contributed by atoms with Gasteiger partial charge < -0.3 is 19.5 Å². The van der Waals surface area contributed by atoms with Crippen LogP contribution in [0.5, 0.6) is 17.2 Å². The van der Waals surface area contributed by atoms with Crippen LogP contribution in [0.4, 0.5) is 0 Å². The molecule has 1 rings (SSSR count). The van der Waals surface area contributed by atoms with Crippen LogP contribution in [0.2, 0.25) is 0 Å². The third-order valence-electron chi connectivity index (χ3n) is 2.71. The summed E-state index contributed by atoms with van der Waals surface area (Å²) in [5, 5.41) is 3.32. The van der Waals surface area contributed by atoms with E-state index in [1.165, 1.54) is 0 Å². The molecule has 0 fully saturated rings. The van der Waals surface area contributed by atoms with Gasteiger partial charge in [0.05, 0.1) is 21.3 Å². The molecule has 18 heavy (non-hydrogen) atoms. The smallest absolute Gasteiger partial charge is 0.203 e. The fourth-order valence-electron chi connectivity index (χ4n) is 1.60. The van der Waals surface area contributed by atoms with Crippen LogP contribution < -0.4 is 19.5 Å². The minimum absolute atomic E-state index is 0.254. The predicted octanol–water partition coefficient (Wildman–Crippen LogP) is 2.38. The molecule has 1 aromatic rings. The Bertz CT molecular complexity index is 379. The molecule has 0 saturated carbocycles. The van der Waals surface area contributed by atoms with E-state index in [0.717, 1.165) is 5.56 Å². The molecule has 0 aromatic heterocycles. The highest BCUT2D eigenvalue weighted by Gasteiger charge is 2.13. The zero-order valence-electron chi connectivity index (χ0n) is 11.4. The predicted molar refractivity (Wildman–Crippen MR) is 72.6 cm³/mol. The van der Waals surface area contributed by atoms with Gasteiger partial charge in [-0.15, -0.1) is 6.58 Å². The molecule has 0 aliphatic rings. The van der Waals surface area contributed by atoms with Crippen molar-refractivity contribution < 1.29 is 14.2 Å². The lowest BCUT2D eigenvalue weighted by Crippen LogP contribution is -2.22. The Hall–Kier alpha value is -1.68. The summed E-state index contributed by atoms with van der Waals surface area (Å²) < 4.78 is 15.9. The quantitative estimate of drug-likeness (QED) is 0.755. The molecule has 1 atom stereocenters. The third kappa shape index (κ3) is 3.40. The first kappa shape index (κ1) is 14.4. The van der Waals surface area contributed by atoms with Gasteiger partial charge in [0.25, 0.3) is 0 Å².